The fraction of sp³-hybridized carbons (Fsp3) is 0.625. The zero-order valence-corrected chi connectivity index (χ0v) is 12.9. The molecule has 0 aliphatic carbocycles. The molecular formula is C16H27N3O. The average Bonchev–Trinajstić information content (AvgIpc) is 2.38. The van der Waals surface area contributed by atoms with Crippen molar-refractivity contribution in [1.82, 2.24) is 4.90 Å². The van der Waals surface area contributed by atoms with Crippen molar-refractivity contribution in [3.05, 3.63) is 18.2 Å². The van der Waals surface area contributed by atoms with E-state index in [1.807, 2.05) is 13.0 Å². The van der Waals surface area contributed by atoms with Crippen LogP contribution in [0.25, 0.3) is 0 Å². The van der Waals surface area contributed by atoms with Crippen LogP contribution in [0.15, 0.2) is 18.2 Å². The van der Waals surface area contributed by atoms with E-state index in [9.17, 15) is 0 Å². The van der Waals surface area contributed by atoms with Crippen LogP contribution in [0.4, 0.5) is 11.4 Å². The molecule has 4 heteroatoms. The summed E-state index contributed by atoms with van der Waals surface area (Å²) in [5.41, 5.74) is 7.95. The minimum absolute atomic E-state index is 0.674. The van der Waals surface area contributed by atoms with Crippen molar-refractivity contribution in [2.45, 2.75) is 19.8 Å². The molecule has 0 atom stereocenters. The van der Waals surface area contributed by atoms with Gasteiger partial charge in [0, 0.05) is 43.1 Å². The third-order valence-electron chi connectivity index (χ3n) is 3.83. The highest BCUT2D eigenvalue weighted by Gasteiger charge is 2.20. The van der Waals surface area contributed by atoms with Crippen LogP contribution < -0.4 is 15.4 Å². The van der Waals surface area contributed by atoms with Crippen LogP contribution in [0.3, 0.4) is 0 Å². The second-order valence-electron chi connectivity index (χ2n) is 5.89. The molecule has 1 aliphatic heterocycles. The summed E-state index contributed by atoms with van der Waals surface area (Å²) in [6.07, 6.45) is 2.49. The van der Waals surface area contributed by atoms with Crippen molar-refractivity contribution in [1.29, 1.82) is 0 Å². The van der Waals surface area contributed by atoms with Gasteiger partial charge in [0.1, 0.15) is 5.75 Å². The lowest BCUT2D eigenvalue weighted by molar-refractivity contribution is 0.285. The maximum atomic E-state index is 5.98. The predicted molar refractivity (Wildman–Crippen MR) is 85.5 cm³/mol. The summed E-state index contributed by atoms with van der Waals surface area (Å²) < 4.78 is 5.58. The number of anilines is 2. The van der Waals surface area contributed by atoms with Crippen LogP contribution in [0.5, 0.6) is 5.75 Å². The highest BCUT2D eigenvalue weighted by atomic mass is 16.5. The lowest BCUT2D eigenvalue weighted by atomic mass is 9.96. The quantitative estimate of drug-likeness (QED) is 0.839. The molecule has 1 saturated heterocycles. The SMILES string of the molecule is CCOc1cc(N)cc(N2CCC(CN(C)C)CC2)c1. The second-order valence-corrected chi connectivity index (χ2v) is 5.89. The summed E-state index contributed by atoms with van der Waals surface area (Å²) in [6, 6.07) is 6.05. The Morgan fingerprint density at radius 3 is 2.55 bits per heavy atom. The van der Waals surface area contributed by atoms with Gasteiger partial charge < -0.3 is 20.3 Å². The number of piperidine rings is 1. The van der Waals surface area contributed by atoms with Crippen LogP contribution in [0.2, 0.25) is 0 Å². The Balaban J connectivity index is 1.99. The van der Waals surface area contributed by atoms with Gasteiger partial charge in [-0.2, -0.15) is 0 Å². The fourth-order valence-electron chi connectivity index (χ4n) is 2.93. The third-order valence-corrected chi connectivity index (χ3v) is 3.83. The Morgan fingerprint density at radius 2 is 1.95 bits per heavy atom. The number of rotatable bonds is 5. The van der Waals surface area contributed by atoms with Gasteiger partial charge in [-0.25, -0.2) is 0 Å². The number of nitrogens with two attached hydrogens (primary N) is 1. The van der Waals surface area contributed by atoms with Gasteiger partial charge in [0.25, 0.3) is 0 Å². The van der Waals surface area contributed by atoms with Gasteiger partial charge in [0.2, 0.25) is 0 Å². The number of hydrogen-bond donors (Lipinski definition) is 1. The average molecular weight is 277 g/mol. The van der Waals surface area contributed by atoms with E-state index in [-0.39, 0.29) is 0 Å². The molecule has 0 amide bonds. The summed E-state index contributed by atoms with van der Waals surface area (Å²) in [4.78, 5) is 4.71. The second kappa shape index (κ2) is 6.84. The van der Waals surface area contributed by atoms with Gasteiger partial charge >= 0.3 is 0 Å². The molecule has 0 unspecified atom stereocenters. The lowest BCUT2D eigenvalue weighted by Gasteiger charge is -2.35. The van der Waals surface area contributed by atoms with Gasteiger partial charge in [0.15, 0.2) is 0 Å². The predicted octanol–water partition coefficient (Wildman–Crippen LogP) is 2.45. The minimum atomic E-state index is 0.674. The molecule has 20 heavy (non-hydrogen) atoms. The number of hydrogen-bond acceptors (Lipinski definition) is 4. The van der Waals surface area contributed by atoms with E-state index in [1.54, 1.807) is 0 Å². The van der Waals surface area contributed by atoms with E-state index in [0.717, 1.165) is 30.4 Å². The summed E-state index contributed by atoms with van der Waals surface area (Å²) >= 11 is 0. The van der Waals surface area contributed by atoms with Crippen molar-refractivity contribution in [2.24, 2.45) is 5.92 Å². The summed E-state index contributed by atoms with van der Waals surface area (Å²) in [7, 11) is 4.30. The first-order valence-electron chi connectivity index (χ1n) is 7.51. The van der Waals surface area contributed by atoms with Crippen LogP contribution >= 0.6 is 0 Å². The lowest BCUT2D eigenvalue weighted by Crippen LogP contribution is -2.37. The van der Waals surface area contributed by atoms with E-state index in [4.69, 9.17) is 10.5 Å². The molecule has 0 spiro atoms. The van der Waals surface area contributed by atoms with Crippen LogP contribution in [0.1, 0.15) is 19.8 Å². The zero-order valence-electron chi connectivity index (χ0n) is 12.9. The summed E-state index contributed by atoms with van der Waals surface area (Å²) in [5, 5.41) is 0. The first-order valence-corrected chi connectivity index (χ1v) is 7.51. The summed E-state index contributed by atoms with van der Waals surface area (Å²) in [5.74, 6) is 1.69. The molecule has 2 N–H and O–H groups in total. The van der Waals surface area contributed by atoms with Crippen molar-refractivity contribution in [2.75, 3.05) is 51.0 Å². The molecule has 4 nitrogen and oxygen atoms in total. The van der Waals surface area contributed by atoms with Gasteiger partial charge in [-0.05, 0) is 45.8 Å². The summed E-state index contributed by atoms with van der Waals surface area (Å²) in [6.45, 7) is 6.07. The largest absolute Gasteiger partial charge is 0.494 e. The Labute approximate surface area is 122 Å². The third kappa shape index (κ3) is 4.04. The highest BCUT2D eigenvalue weighted by Crippen LogP contribution is 2.29. The Kier molecular flexibility index (Phi) is 5.12. The molecule has 1 aliphatic rings. The molecule has 112 valence electrons. The fourth-order valence-corrected chi connectivity index (χ4v) is 2.93. The smallest absolute Gasteiger partial charge is 0.123 e. The molecule has 1 heterocycles. The highest BCUT2D eigenvalue weighted by molar-refractivity contribution is 5.60. The molecule has 1 fully saturated rings. The topological polar surface area (TPSA) is 41.7 Å². The number of nitrogen functional groups attached to an aromatic ring is 1. The molecular weight excluding hydrogens is 250 g/mol. The van der Waals surface area contributed by atoms with Crippen LogP contribution in [-0.2, 0) is 0 Å². The molecule has 2 rings (SSSR count). The van der Waals surface area contributed by atoms with E-state index in [2.05, 4.69) is 36.0 Å². The Hall–Kier alpha value is -1.42. The van der Waals surface area contributed by atoms with Gasteiger partial charge in [-0.3, -0.25) is 0 Å². The normalized spacial score (nSPS) is 16.7. The van der Waals surface area contributed by atoms with Crippen LogP contribution in [0, 0.1) is 5.92 Å². The molecule has 0 radical (unpaired) electrons. The maximum absolute atomic E-state index is 5.98. The van der Waals surface area contributed by atoms with E-state index >= 15 is 0 Å². The van der Waals surface area contributed by atoms with E-state index < -0.39 is 0 Å². The number of benzene rings is 1. The molecule has 1 aromatic carbocycles. The molecule has 1 aromatic rings. The first-order chi connectivity index (χ1) is 9.58. The van der Waals surface area contributed by atoms with Crippen LogP contribution in [-0.4, -0.2) is 45.2 Å². The van der Waals surface area contributed by atoms with Crippen molar-refractivity contribution < 1.29 is 4.74 Å². The number of nitrogens with zero attached hydrogens (tertiary/aromatic N) is 2. The number of ether oxygens (including phenoxy) is 1. The van der Waals surface area contributed by atoms with Gasteiger partial charge in [-0.15, -0.1) is 0 Å². The molecule has 0 saturated carbocycles. The maximum Gasteiger partial charge on any atom is 0.123 e. The van der Waals surface area contributed by atoms with E-state index in [0.29, 0.717) is 6.61 Å². The molecule has 0 bridgehead atoms. The van der Waals surface area contributed by atoms with Crippen molar-refractivity contribution in [3.8, 4) is 5.75 Å². The van der Waals surface area contributed by atoms with E-state index in [1.165, 1.54) is 25.1 Å². The van der Waals surface area contributed by atoms with Gasteiger partial charge in [-0.1, -0.05) is 0 Å². The minimum Gasteiger partial charge on any atom is -0.494 e. The monoisotopic (exact) mass is 277 g/mol. The molecule has 0 aromatic heterocycles. The Bertz CT molecular complexity index is 426. The van der Waals surface area contributed by atoms with Crippen molar-refractivity contribution in [3.63, 3.8) is 0 Å². The first kappa shape index (κ1) is 15.0. The standard InChI is InChI=1S/C16H27N3O/c1-4-20-16-10-14(17)9-15(11-16)19-7-5-13(6-8-19)12-18(2)3/h9-11,13H,4-8,12,17H2,1-3H3. The Morgan fingerprint density at radius 1 is 1.25 bits per heavy atom. The zero-order chi connectivity index (χ0) is 14.5. The van der Waals surface area contributed by atoms with Gasteiger partial charge in [0.05, 0.1) is 6.61 Å². The van der Waals surface area contributed by atoms with Crippen molar-refractivity contribution >= 4 is 11.4 Å².